The maximum absolute atomic E-state index is 14.2. The van der Waals surface area contributed by atoms with Crippen LogP contribution in [-0.2, 0) is 42.2 Å². The predicted octanol–water partition coefficient (Wildman–Crippen LogP) is 8.68. The van der Waals surface area contributed by atoms with Crippen LogP contribution < -0.4 is 5.32 Å². The molecule has 1 aromatic heterocycles. The van der Waals surface area contributed by atoms with Crippen LogP contribution in [0.1, 0.15) is 131 Å². The molecule has 58 heavy (non-hydrogen) atoms. The van der Waals surface area contributed by atoms with Crippen LogP contribution in [0.4, 0.5) is 25.8 Å². The van der Waals surface area contributed by atoms with Gasteiger partial charge in [0.1, 0.15) is 22.6 Å². The molecule has 1 fully saturated rings. The number of amidine groups is 1. The Hall–Kier alpha value is -5.27. The summed E-state index contributed by atoms with van der Waals surface area (Å²) in [7, 11) is 0. The molecule has 314 valence electrons. The normalized spacial score (nSPS) is 16.0. The minimum absolute atomic E-state index is 0.0400. The number of pyridine rings is 1. The first kappa shape index (κ1) is 43.8. The highest BCUT2D eigenvalue weighted by molar-refractivity contribution is 6.14. The molecule has 3 heterocycles. The zero-order chi connectivity index (χ0) is 42.8. The van der Waals surface area contributed by atoms with Gasteiger partial charge >= 0.3 is 18.3 Å². The Labute approximate surface area is 342 Å². The van der Waals surface area contributed by atoms with E-state index in [0.29, 0.717) is 73.5 Å². The number of hydrogen-bond donors (Lipinski definition) is 1. The number of nitrogens with one attached hydrogen (secondary N) is 1. The Kier molecular flexibility index (Phi) is 12.8. The molecule has 14 nitrogen and oxygen atoms in total. The summed E-state index contributed by atoms with van der Waals surface area (Å²) in [5, 5.41) is 3.06. The van der Waals surface area contributed by atoms with Gasteiger partial charge in [0.15, 0.2) is 0 Å². The number of amides is 5. The Morgan fingerprint density at radius 1 is 0.845 bits per heavy atom. The summed E-state index contributed by atoms with van der Waals surface area (Å²) in [5.41, 5.74) is 0.783. The summed E-state index contributed by atoms with van der Waals surface area (Å²) in [6.07, 6.45) is 4.06. The third-order valence-corrected chi connectivity index (χ3v) is 9.60. The molecule has 0 atom stereocenters. The third kappa shape index (κ3) is 10.8. The van der Waals surface area contributed by atoms with Gasteiger partial charge in [-0.05, 0) is 117 Å². The fraction of sp³-hybridized carbons (Fsp3) is 0.568. The number of imide groups is 1. The number of benzene rings is 1. The molecule has 0 unspecified atom stereocenters. The van der Waals surface area contributed by atoms with Crippen LogP contribution in [0.2, 0.25) is 0 Å². The minimum atomic E-state index is -0.989. The molecule has 0 spiro atoms. The number of anilines is 1. The van der Waals surface area contributed by atoms with Crippen molar-refractivity contribution in [1.82, 2.24) is 19.7 Å². The van der Waals surface area contributed by atoms with Gasteiger partial charge in [-0.2, -0.15) is 4.90 Å². The average Bonchev–Trinajstić information content (AvgIpc) is 3.93. The lowest BCUT2D eigenvalue weighted by atomic mass is 9.92. The second-order valence-corrected chi connectivity index (χ2v) is 18.3. The van der Waals surface area contributed by atoms with Crippen molar-refractivity contribution in [2.75, 3.05) is 25.0 Å². The van der Waals surface area contributed by atoms with Crippen molar-refractivity contribution >= 4 is 53.4 Å². The van der Waals surface area contributed by atoms with Crippen LogP contribution in [0.3, 0.4) is 0 Å². The first-order valence-corrected chi connectivity index (χ1v) is 20.3. The van der Waals surface area contributed by atoms with E-state index in [4.69, 9.17) is 19.2 Å². The number of aromatic nitrogens is 1. The molecule has 3 aliphatic rings. The molecule has 0 bridgehead atoms. The van der Waals surface area contributed by atoms with Crippen molar-refractivity contribution in [3.63, 3.8) is 0 Å². The van der Waals surface area contributed by atoms with Crippen LogP contribution in [0.25, 0.3) is 6.08 Å². The van der Waals surface area contributed by atoms with Gasteiger partial charge in [-0.1, -0.05) is 26.0 Å². The van der Waals surface area contributed by atoms with Crippen LogP contribution in [-0.4, -0.2) is 92.1 Å². The van der Waals surface area contributed by atoms with Gasteiger partial charge in [0, 0.05) is 49.3 Å². The zero-order valence-electron chi connectivity index (χ0n) is 36.0. The van der Waals surface area contributed by atoms with E-state index < -0.39 is 40.5 Å². The van der Waals surface area contributed by atoms with Crippen molar-refractivity contribution in [3.05, 3.63) is 58.4 Å². The highest BCUT2D eigenvalue weighted by Crippen LogP contribution is 2.50. The Balaban J connectivity index is 1.51. The van der Waals surface area contributed by atoms with Crippen LogP contribution in [0, 0.1) is 0 Å². The molecule has 14 heteroatoms. The summed E-state index contributed by atoms with van der Waals surface area (Å²) in [5.74, 6) is -0.494. The van der Waals surface area contributed by atoms with Crippen LogP contribution >= 0.6 is 0 Å². The van der Waals surface area contributed by atoms with Gasteiger partial charge in [-0.3, -0.25) is 14.6 Å². The molecule has 0 saturated heterocycles. The largest absolute Gasteiger partial charge is 0.444 e. The molecular weight excluding hydrogens is 741 g/mol. The monoisotopic (exact) mass is 800 g/mol. The standard InChI is InChI=1S/C44H60N6O8/c1-12-19-48(20-13-2)36(51)29-22-28-14-15-31(25-34(28)47-35(24-29)50(39(54)57-42(6,7)8)40(55)58-43(9,10)11)44(17-18-44)37(52)46-32-23-30-27-49(21-16-33(30)45-26-32)38(53)56-41(3,4)5/h14-15,22-23,25-26H,12-13,16-21,24,27H2,1-11H3,(H,46,52). The number of ether oxygens (including phenoxy) is 3. The maximum atomic E-state index is 14.2. The Morgan fingerprint density at radius 3 is 2.00 bits per heavy atom. The van der Waals surface area contributed by atoms with Gasteiger partial charge in [0.2, 0.25) is 11.8 Å². The van der Waals surface area contributed by atoms with Crippen molar-refractivity contribution in [2.24, 2.45) is 4.99 Å². The lowest BCUT2D eigenvalue weighted by Crippen LogP contribution is -2.47. The number of carbonyl (C=O) groups is 5. The number of hydrogen-bond acceptors (Lipinski definition) is 10. The molecule has 1 aromatic carbocycles. The lowest BCUT2D eigenvalue weighted by molar-refractivity contribution is -0.127. The van der Waals surface area contributed by atoms with Crippen LogP contribution in [0.15, 0.2) is 41.0 Å². The number of fused-ring (bicyclic) bond motifs is 2. The fourth-order valence-electron chi connectivity index (χ4n) is 6.87. The van der Waals surface area contributed by atoms with E-state index in [1.807, 2.05) is 52.8 Å². The number of rotatable bonds is 8. The molecule has 1 aliphatic carbocycles. The Morgan fingerprint density at radius 2 is 1.45 bits per heavy atom. The zero-order valence-corrected chi connectivity index (χ0v) is 36.0. The van der Waals surface area contributed by atoms with E-state index in [1.54, 1.807) is 69.7 Å². The SMILES string of the molecule is CCCN(CCC)C(=O)C1=Cc2ccc(C3(C(=O)Nc4cnc5c(c4)CN(C(=O)OC(C)(C)C)CC5)CC3)cc2N=C(N(C(=O)OC(C)(C)C)C(=O)OC(C)(C)C)C1. The highest BCUT2D eigenvalue weighted by Gasteiger charge is 2.51. The maximum Gasteiger partial charge on any atom is 0.425 e. The molecule has 1 N–H and O–H groups in total. The van der Waals surface area contributed by atoms with E-state index in [-0.39, 0.29) is 24.1 Å². The van der Waals surface area contributed by atoms with E-state index in [9.17, 15) is 24.0 Å². The first-order valence-electron chi connectivity index (χ1n) is 20.3. The summed E-state index contributed by atoms with van der Waals surface area (Å²) in [6, 6.07) is 7.32. The van der Waals surface area contributed by atoms with Gasteiger partial charge in [-0.25, -0.2) is 19.4 Å². The van der Waals surface area contributed by atoms with Gasteiger partial charge < -0.3 is 29.3 Å². The summed E-state index contributed by atoms with van der Waals surface area (Å²) in [6.45, 7) is 21.5. The lowest BCUT2D eigenvalue weighted by Gasteiger charge is -2.31. The van der Waals surface area contributed by atoms with Crippen molar-refractivity contribution in [3.8, 4) is 0 Å². The Bertz CT molecular complexity index is 1960. The van der Waals surface area contributed by atoms with Gasteiger partial charge in [0.05, 0.1) is 29.5 Å². The first-order chi connectivity index (χ1) is 27.0. The second kappa shape index (κ2) is 16.9. The van der Waals surface area contributed by atoms with E-state index >= 15 is 0 Å². The summed E-state index contributed by atoms with van der Waals surface area (Å²) in [4.78, 5) is 82.5. The van der Waals surface area contributed by atoms with Crippen LogP contribution in [0.5, 0.6) is 0 Å². The quantitative estimate of drug-likeness (QED) is 0.258. The van der Waals surface area contributed by atoms with E-state index in [0.717, 1.165) is 29.0 Å². The second-order valence-electron chi connectivity index (χ2n) is 18.3. The summed E-state index contributed by atoms with van der Waals surface area (Å²) >= 11 is 0. The number of aliphatic imine (C=N–C) groups is 1. The van der Waals surface area contributed by atoms with E-state index in [1.165, 1.54) is 0 Å². The summed E-state index contributed by atoms with van der Waals surface area (Å²) < 4.78 is 17.0. The van der Waals surface area contributed by atoms with Crippen molar-refractivity contribution < 1.29 is 38.2 Å². The topological polar surface area (TPSA) is 160 Å². The molecule has 2 aliphatic heterocycles. The third-order valence-electron chi connectivity index (χ3n) is 9.60. The smallest absolute Gasteiger partial charge is 0.425 e. The number of nitrogens with zero attached hydrogens (tertiary/aromatic N) is 5. The molecule has 5 amide bonds. The predicted molar refractivity (Wildman–Crippen MR) is 222 cm³/mol. The molecule has 0 radical (unpaired) electrons. The minimum Gasteiger partial charge on any atom is -0.444 e. The fourth-order valence-corrected chi connectivity index (χ4v) is 6.87. The van der Waals surface area contributed by atoms with E-state index in [2.05, 4.69) is 10.3 Å². The average molecular weight is 801 g/mol. The van der Waals surface area contributed by atoms with Crippen molar-refractivity contribution in [2.45, 2.75) is 143 Å². The molecular formula is C44H60N6O8. The number of carbonyl (C=O) groups excluding carboxylic acids is 5. The van der Waals surface area contributed by atoms with Gasteiger partial charge in [-0.15, -0.1) is 0 Å². The van der Waals surface area contributed by atoms with Crippen molar-refractivity contribution in [1.29, 1.82) is 0 Å². The molecule has 1 saturated carbocycles. The molecule has 5 rings (SSSR count). The molecule has 2 aromatic rings. The van der Waals surface area contributed by atoms with Gasteiger partial charge in [0.25, 0.3) is 0 Å². The highest BCUT2D eigenvalue weighted by atomic mass is 16.6.